The van der Waals surface area contributed by atoms with Gasteiger partial charge in [0.2, 0.25) is 0 Å². The first-order valence-electron chi connectivity index (χ1n) is 9.68. The average Bonchev–Trinajstić information content (AvgIpc) is 3.17. The van der Waals surface area contributed by atoms with Gasteiger partial charge in [0.05, 0.1) is 0 Å². The Hall–Kier alpha value is -2.69. The molecule has 3 heterocycles. The van der Waals surface area contributed by atoms with Gasteiger partial charge < -0.3 is 10.7 Å². The minimum Gasteiger partial charge on any atom is -0.361 e. The number of nitrogens with one attached hydrogen (secondary N) is 1. The van der Waals surface area contributed by atoms with E-state index in [0.29, 0.717) is 6.04 Å². The minimum absolute atomic E-state index is 0.374. The SMILES string of the molecule is NC1CCN(Cc2ccc3cncc(-c4ccc5[nH]ccc5c4)c3c2)CC1. The van der Waals surface area contributed by atoms with Crippen LogP contribution in [0.1, 0.15) is 18.4 Å². The summed E-state index contributed by atoms with van der Waals surface area (Å²) >= 11 is 0. The maximum absolute atomic E-state index is 6.04. The van der Waals surface area contributed by atoms with Gasteiger partial charge in [-0.15, -0.1) is 0 Å². The molecule has 0 unspecified atom stereocenters. The van der Waals surface area contributed by atoms with Gasteiger partial charge in [-0.2, -0.15) is 0 Å². The second-order valence-electron chi connectivity index (χ2n) is 7.64. The predicted octanol–water partition coefficient (Wildman–Crippen LogP) is 4.31. The van der Waals surface area contributed by atoms with Gasteiger partial charge in [0.1, 0.15) is 0 Å². The van der Waals surface area contributed by atoms with Crippen LogP contribution in [0.4, 0.5) is 0 Å². The predicted molar refractivity (Wildman–Crippen MR) is 112 cm³/mol. The van der Waals surface area contributed by atoms with Crippen molar-refractivity contribution in [3.05, 3.63) is 66.6 Å². The Balaban J connectivity index is 1.52. The van der Waals surface area contributed by atoms with Crippen LogP contribution in [-0.4, -0.2) is 34.0 Å². The summed E-state index contributed by atoms with van der Waals surface area (Å²) in [6.45, 7) is 3.17. The highest BCUT2D eigenvalue weighted by Gasteiger charge is 2.16. The zero-order valence-electron chi connectivity index (χ0n) is 15.4. The van der Waals surface area contributed by atoms with Crippen molar-refractivity contribution >= 4 is 21.7 Å². The molecule has 0 saturated carbocycles. The van der Waals surface area contributed by atoms with Crippen LogP contribution in [0.15, 0.2) is 61.1 Å². The molecule has 5 rings (SSSR count). The van der Waals surface area contributed by atoms with E-state index < -0.39 is 0 Å². The number of H-pyrrole nitrogens is 1. The van der Waals surface area contributed by atoms with Crippen molar-refractivity contribution in [2.75, 3.05) is 13.1 Å². The van der Waals surface area contributed by atoms with E-state index in [-0.39, 0.29) is 0 Å². The summed E-state index contributed by atoms with van der Waals surface area (Å²) < 4.78 is 0. The van der Waals surface area contributed by atoms with Crippen molar-refractivity contribution in [3.8, 4) is 11.1 Å². The molecular formula is C23H24N4. The number of nitrogens with two attached hydrogens (primary N) is 1. The molecule has 4 heteroatoms. The standard InChI is InChI=1S/C23H24N4/c24-20-6-9-27(10-7-20)15-16-1-2-19-13-25-14-22(21(19)11-16)17-3-4-23-18(12-17)5-8-26-23/h1-5,8,11-14,20,26H,6-7,9-10,15,24H2. The Morgan fingerprint density at radius 2 is 1.89 bits per heavy atom. The van der Waals surface area contributed by atoms with E-state index in [2.05, 4.69) is 57.3 Å². The summed E-state index contributed by atoms with van der Waals surface area (Å²) in [5, 5.41) is 3.68. The largest absolute Gasteiger partial charge is 0.361 e. The van der Waals surface area contributed by atoms with E-state index in [1.807, 2.05) is 18.6 Å². The van der Waals surface area contributed by atoms with Crippen LogP contribution in [0.3, 0.4) is 0 Å². The molecule has 0 amide bonds. The van der Waals surface area contributed by atoms with Crippen molar-refractivity contribution in [1.82, 2.24) is 14.9 Å². The first-order chi connectivity index (χ1) is 13.3. The lowest BCUT2D eigenvalue weighted by Crippen LogP contribution is -2.39. The number of hydrogen-bond donors (Lipinski definition) is 2. The Morgan fingerprint density at radius 1 is 1.00 bits per heavy atom. The van der Waals surface area contributed by atoms with Crippen LogP contribution in [-0.2, 0) is 6.54 Å². The summed E-state index contributed by atoms with van der Waals surface area (Å²) in [6.07, 6.45) is 8.12. The number of pyridine rings is 1. The highest BCUT2D eigenvalue weighted by molar-refractivity contribution is 5.98. The average molecular weight is 356 g/mol. The van der Waals surface area contributed by atoms with Crippen molar-refractivity contribution in [2.24, 2.45) is 5.73 Å². The molecule has 0 aliphatic carbocycles. The molecule has 0 atom stereocenters. The van der Waals surface area contributed by atoms with Crippen molar-refractivity contribution in [1.29, 1.82) is 0 Å². The van der Waals surface area contributed by atoms with Gasteiger partial charge in [-0.05, 0) is 72.1 Å². The summed E-state index contributed by atoms with van der Waals surface area (Å²) in [5.41, 5.74) is 11.0. The Morgan fingerprint density at radius 3 is 2.78 bits per heavy atom. The summed E-state index contributed by atoms with van der Waals surface area (Å²) in [7, 11) is 0. The quantitative estimate of drug-likeness (QED) is 0.575. The number of aromatic nitrogens is 2. The fourth-order valence-electron chi connectivity index (χ4n) is 4.13. The van der Waals surface area contributed by atoms with Gasteiger partial charge in [-0.3, -0.25) is 9.88 Å². The maximum Gasteiger partial charge on any atom is 0.0454 e. The zero-order chi connectivity index (χ0) is 18.2. The number of fused-ring (bicyclic) bond motifs is 2. The number of hydrogen-bond acceptors (Lipinski definition) is 3. The zero-order valence-corrected chi connectivity index (χ0v) is 15.4. The van der Waals surface area contributed by atoms with E-state index in [4.69, 9.17) is 5.73 Å². The molecule has 4 aromatic rings. The highest BCUT2D eigenvalue weighted by Crippen LogP contribution is 2.31. The summed E-state index contributed by atoms with van der Waals surface area (Å²) in [6, 6.07) is 15.8. The van der Waals surface area contributed by atoms with Gasteiger partial charge in [0.15, 0.2) is 0 Å². The molecule has 1 aliphatic rings. The fraction of sp³-hybridized carbons (Fsp3) is 0.261. The molecule has 2 aromatic heterocycles. The van der Waals surface area contributed by atoms with Gasteiger partial charge >= 0.3 is 0 Å². The van der Waals surface area contributed by atoms with Crippen molar-refractivity contribution in [3.63, 3.8) is 0 Å². The Labute approximate surface area is 159 Å². The second kappa shape index (κ2) is 6.80. The molecule has 2 aromatic carbocycles. The highest BCUT2D eigenvalue weighted by atomic mass is 15.1. The molecule has 1 fully saturated rings. The normalized spacial score (nSPS) is 16.3. The van der Waals surface area contributed by atoms with Gasteiger partial charge in [0, 0.05) is 47.6 Å². The molecule has 27 heavy (non-hydrogen) atoms. The van der Waals surface area contributed by atoms with E-state index >= 15 is 0 Å². The van der Waals surface area contributed by atoms with Gasteiger partial charge in [0.25, 0.3) is 0 Å². The molecule has 0 bridgehead atoms. The monoisotopic (exact) mass is 356 g/mol. The molecule has 136 valence electrons. The van der Waals surface area contributed by atoms with Crippen LogP contribution in [0.25, 0.3) is 32.8 Å². The second-order valence-corrected chi connectivity index (χ2v) is 7.64. The Kier molecular flexibility index (Phi) is 4.15. The third-order valence-corrected chi connectivity index (χ3v) is 5.73. The minimum atomic E-state index is 0.374. The van der Waals surface area contributed by atoms with Crippen LogP contribution in [0.5, 0.6) is 0 Å². The molecule has 3 N–H and O–H groups in total. The van der Waals surface area contributed by atoms with E-state index in [9.17, 15) is 0 Å². The first-order valence-corrected chi connectivity index (χ1v) is 9.68. The molecule has 0 radical (unpaired) electrons. The van der Waals surface area contributed by atoms with E-state index in [1.54, 1.807) is 0 Å². The van der Waals surface area contributed by atoms with Crippen LogP contribution in [0, 0.1) is 0 Å². The third kappa shape index (κ3) is 3.22. The maximum atomic E-state index is 6.04. The number of aromatic amines is 1. The van der Waals surface area contributed by atoms with Crippen LogP contribution < -0.4 is 5.73 Å². The van der Waals surface area contributed by atoms with Crippen molar-refractivity contribution < 1.29 is 0 Å². The lowest BCUT2D eigenvalue weighted by Gasteiger charge is -2.30. The van der Waals surface area contributed by atoms with Gasteiger partial charge in [-0.1, -0.05) is 18.2 Å². The van der Waals surface area contributed by atoms with E-state index in [0.717, 1.165) is 38.0 Å². The van der Waals surface area contributed by atoms with Gasteiger partial charge in [-0.25, -0.2) is 0 Å². The fourth-order valence-corrected chi connectivity index (χ4v) is 4.13. The number of nitrogens with zero attached hydrogens (tertiary/aromatic N) is 2. The number of likely N-dealkylation sites (tertiary alicyclic amines) is 1. The number of benzene rings is 2. The molecule has 0 spiro atoms. The first kappa shape index (κ1) is 16.5. The topological polar surface area (TPSA) is 57.9 Å². The van der Waals surface area contributed by atoms with Crippen LogP contribution >= 0.6 is 0 Å². The molecule has 1 saturated heterocycles. The summed E-state index contributed by atoms with van der Waals surface area (Å²) in [4.78, 5) is 10.3. The lowest BCUT2D eigenvalue weighted by atomic mass is 9.98. The molecular weight excluding hydrogens is 332 g/mol. The third-order valence-electron chi connectivity index (χ3n) is 5.73. The molecule has 4 nitrogen and oxygen atoms in total. The number of rotatable bonds is 3. The number of piperidine rings is 1. The van der Waals surface area contributed by atoms with E-state index in [1.165, 1.54) is 32.8 Å². The van der Waals surface area contributed by atoms with Crippen molar-refractivity contribution in [2.45, 2.75) is 25.4 Å². The van der Waals surface area contributed by atoms with Crippen LogP contribution in [0.2, 0.25) is 0 Å². The molecule has 1 aliphatic heterocycles. The summed E-state index contributed by atoms with van der Waals surface area (Å²) in [5.74, 6) is 0. The lowest BCUT2D eigenvalue weighted by molar-refractivity contribution is 0.206. The smallest absolute Gasteiger partial charge is 0.0454 e. The Bertz CT molecular complexity index is 1090.